The molecule has 0 saturated heterocycles. The summed E-state index contributed by atoms with van der Waals surface area (Å²) in [4.78, 5) is 0.268. The molecule has 6 nitrogen and oxygen atoms in total. The number of sulfonamides is 1. The summed E-state index contributed by atoms with van der Waals surface area (Å²) in [6.07, 6.45) is 1.82. The second-order valence-corrected chi connectivity index (χ2v) is 9.21. The van der Waals surface area contributed by atoms with Crippen LogP contribution >= 0.6 is 23.8 Å². The fourth-order valence-electron chi connectivity index (χ4n) is 2.30. The predicted molar refractivity (Wildman–Crippen MR) is 110 cm³/mol. The topological polar surface area (TPSA) is 74.3 Å². The maximum Gasteiger partial charge on any atom is 0.242 e. The first kappa shape index (κ1) is 18.7. The van der Waals surface area contributed by atoms with Crippen molar-refractivity contribution < 1.29 is 8.42 Å². The Labute approximate surface area is 162 Å². The quantitative estimate of drug-likeness (QED) is 0.635. The number of aromatic nitrogens is 1. The lowest BCUT2D eigenvalue weighted by molar-refractivity contribution is 0.520. The second-order valence-electron chi connectivity index (χ2n) is 5.82. The van der Waals surface area contributed by atoms with Crippen LogP contribution in [0.25, 0.3) is 10.1 Å². The van der Waals surface area contributed by atoms with Crippen LogP contribution in [0.4, 0.5) is 5.69 Å². The van der Waals surface area contributed by atoms with Crippen LogP contribution in [0.15, 0.2) is 53.6 Å². The molecule has 2 N–H and O–H groups in total. The lowest BCUT2D eigenvalue weighted by Crippen LogP contribution is -2.28. The van der Waals surface area contributed by atoms with Crippen molar-refractivity contribution in [2.45, 2.75) is 11.4 Å². The van der Waals surface area contributed by atoms with Crippen molar-refractivity contribution in [3.63, 3.8) is 0 Å². The lowest BCUT2D eigenvalue weighted by Gasteiger charge is -2.13. The zero-order valence-electron chi connectivity index (χ0n) is 14.3. The van der Waals surface area contributed by atoms with Crippen LogP contribution in [0.1, 0.15) is 5.56 Å². The third kappa shape index (κ3) is 4.18. The largest absolute Gasteiger partial charge is 0.358 e. The van der Waals surface area contributed by atoms with Gasteiger partial charge < -0.3 is 10.6 Å². The average Bonchev–Trinajstić information content (AvgIpc) is 3.08. The lowest BCUT2D eigenvalue weighted by atomic mass is 10.2. The number of rotatable bonds is 5. The molecule has 0 aliphatic rings. The Morgan fingerprint density at radius 1 is 1.19 bits per heavy atom. The Balaban J connectivity index is 1.59. The van der Waals surface area contributed by atoms with Gasteiger partial charge in [0, 0.05) is 37.9 Å². The minimum absolute atomic E-state index is 0.268. The van der Waals surface area contributed by atoms with Gasteiger partial charge in [-0.2, -0.15) is 4.37 Å². The normalized spacial score (nSPS) is 11.7. The summed E-state index contributed by atoms with van der Waals surface area (Å²) < 4.78 is 30.6. The zero-order chi connectivity index (χ0) is 18.7. The molecule has 1 heterocycles. The van der Waals surface area contributed by atoms with E-state index >= 15 is 0 Å². The van der Waals surface area contributed by atoms with Crippen molar-refractivity contribution in [2.24, 2.45) is 0 Å². The van der Waals surface area contributed by atoms with Crippen molar-refractivity contribution in [1.82, 2.24) is 14.0 Å². The van der Waals surface area contributed by atoms with Crippen LogP contribution < -0.4 is 10.6 Å². The van der Waals surface area contributed by atoms with Gasteiger partial charge in [0.05, 0.1) is 9.60 Å². The number of hydrogen-bond acceptors (Lipinski definition) is 5. The van der Waals surface area contributed by atoms with Gasteiger partial charge in [-0.05, 0) is 59.6 Å². The van der Waals surface area contributed by atoms with E-state index in [0.717, 1.165) is 21.3 Å². The standard InChI is InChI=1S/C17H18N4O2S3/c1-21(2)26(22,23)15-6-3-12(4-7-15)10-18-17(24)20-14-5-8-16-13(9-14)11-19-25-16/h3-9,11H,10H2,1-2H3,(H2,18,20,24). The summed E-state index contributed by atoms with van der Waals surface area (Å²) in [5.41, 5.74) is 1.83. The summed E-state index contributed by atoms with van der Waals surface area (Å²) >= 11 is 6.77. The molecule has 0 radical (unpaired) electrons. The van der Waals surface area contributed by atoms with E-state index in [4.69, 9.17) is 12.2 Å². The van der Waals surface area contributed by atoms with Crippen molar-refractivity contribution in [2.75, 3.05) is 19.4 Å². The third-order valence-corrected chi connectivity index (χ3v) is 6.62. The molecule has 0 unspecified atom stereocenters. The molecule has 3 rings (SSSR count). The Kier molecular flexibility index (Phi) is 5.52. The van der Waals surface area contributed by atoms with E-state index in [9.17, 15) is 8.42 Å². The third-order valence-electron chi connectivity index (χ3n) is 3.77. The molecule has 1 aromatic heterocycles. The predicted octanol–water partition coefficient (Wildman–Crippen LogP) is 3.03. The smallest absolute Gasteiger partial charge is 0.242 e. The summed E-state index contributed by atoms with van der Waals surface area (Å²) in [5.74, 6) is 0. The highest BCUT2D eigenvalue weighted by Gasteiger charge is 2.16. The first-order valence-corrected chi connectivity index (χ1v) is 10.4. The van der Waals surface area contributed by atoms with Crippen molar-refractivity contribution in [3.05, 3.63) is 54.2 Å². The van der Waals surface area contributed by atoms with Gasteiger partial charge in [0.2, 0.25) is 10.0 Å². The molecule has 0 fully saturated rings. The molecule has 0 aliphatic carbocycles. The first-order valence-electron chi connectivity index (χ1n) is 7.77. The molecule has 0 saturated carbocycles. The molecule has 0 aliphatic heterocycles. The van der Waals surface area contributed by atoms with Crippen molar-refractivity contribution in [3.8, 4) is 0 Å². The molecular weight excluding hydrogens is 388 g/mol. The molecule has 0 amide bonds. The number of nitrogens with one attached hydrogen (secondary N) is 2. The number of thiocarbonyl (C=S) groups is 1. The van der Waals surface area contributed by atoms with Gasteiger partial charge in [0.15, 0.2) is 5.11 Å². The fourth-order valence-corrected chi connectivity index (χ4v) is 4.02. The second kappa shape index (κ2) is 7.67. The molecular formula is C17H18N4O2S3. The van der Waals surface area contributed by atoms with E-state index < -0.39 is 10.0 Å². The molecule has 26 heavy (non-hydrogen) atoms. The van der Waals surface area contributed by atoms with E-state index in [0.29, 0.717) is 11.7 Å². The first-order chi connectivity index (χ1) is 12.4. The van der Waals surface area contributed by atoms with Crippen LogP contribution in [0.5, 0.6) is 0 Å². The average molecular weight is 407 g/mol. The van der Waals surface area contributed by atoms with Gasteiger partial charge >= 0.3 is 0 Å². The molecule has 0 bridgehead atoms. The van der Waals surface area contributed by atoms with Gasteiger partial charge in [-0.15, -0.1) is 0 Å². The summed E-state index contributed by atoms with van der Waals surface area (Å²) in [6.45, 7) is 0.496. The highest BCUT2D eigenvalue weighted by Crippen LogP contribution is 2.21. The highest BCUT2D eigenvalue weighted by atomic mass is 32.2. The molecule has 0 spiro atoms. The molecule has 136 valence electrons. The van der Waals surface area contributed by atoms with Crippen LogP contribution in [-0.2, 0) is 16.6 Å². The molecule has 0 atom stereocenters. The summed E-state index contributed by atoms with van der Waals surface area (Å²) in [5, 5.41) is 7.82. The Bertz CT molecular complexity index is 1030. The molecule has 2 aromatic carbocycles. The van der Waals surface area contributed by atoms with Gasteiger partial charge in [0.1, 0.15) is 0 Å². The van der Waals surface area contributed by atoms with Crippen LogP contribution in [0.2, 0.25) is 0 Å². The minimum atomic E-state index is -3.41. The maximum atomic E-state index is 12.1. The van der Waals surface area contributed by atoms with E-state index in [2.05, 4.69) is 15.0 Å². The van der Waals surface area contributed by atoms with Gasteiger partial charge in [-0.3, -0.25) is 0 Å². The highest BCUT2D eigenvalue weighted by molar-refractivity contribution is 7.89. The van der Waals surface area contributed by atoms with E-state index in [1.807, 2.05) is 24.4 Å². The number of hydrogen-bond donors (Lipinski definition) is 2. The molecule has 9 heteroatoms. The van der Waals surface area contributed by atoms with Gasteiger partial charge in [-0.25, -0.2) is 12.7 Å². The number of fused-ring (bicyclic) bond motifs is 1. The minimum Gasteiger partial charge on any atom is -0.358 e. The maximum absolute atomic E-state index is 12.1. The Morgan fingerprint density at radius 3 is 2.62 bits per heavy atom. The monoisotopic (exact) mass is 406 g/mol. The Hall–Kier alpha value is -2.07. The van der Waals surface area contributed by atoms with Crippen molar-refractivity contribution in [1.29, 1.82) is 0 Å². The number of nitrogens with zero attached hydrogens (tertiary/aromatic N) is 2. The van der Waals surface area contributed by atoms with Gasteiger partial charge in [-0.1, -0.05) is 12.1 Å². The summed E-state index contributed by atoms with van der Waals surface area (Å²) in [7, 11) is -0.384. The van der Waals surface area contributed by atoms with E-state index in [1.54, 1.807) is 24.3 Å². The summed E-state index contributed by atoms with van der Waals surface area (Å²) in [6, 6.07) is 12.7. The van der Waals surface area contributed by atoms with Crippen LogP contribution in [0.3, 0.4) is 0 Å². The number of anilines is 1. The van der Waals surface area contributed by atoms with Crippen LogP contribution in [-0.4, -0.2) is 36.3 Å². The fraction of sp³-hybridized carbons (Fsp3) is 0.176. The van der Waals surface area contributed by atoms with Crippen molar-refractivity contribution >= 4 is 54.7 Å². The van der Waals surface area contributed by atoms with E-state index in [1.165, 1.54) is 29.9 Å². The zero-order valence-corrected chi connectivity index (χ0v) is 16.7. The van der Waals surface area contributed by atoms with Crippen LogP contribution in [0, 0.1) is 0 Å². The van der Waals surface area contributed by atoms with E-state index in [-0.39, 0.29) is 4.90 Å². The van der Waals surface area contributed by atoms with Gasteiger partial charge in [0.25, 0.3) is 0 Å². The molecule has 3 aromatic rings. The SMILES string of the molecule is CN(C)S(=O)(=O)c1ccc(CNC(=S)Nc2ccc3sncc3c2)cc1. The Morgan fingerprint density at radius 2 is 1.92 bits per heavy atom. The number of benzene rings is 2.